The van der Waals surface area contributed by atoms with Crippen molar-refractivity contribution in [3.63, 3.8) is 0 Å². The van der Waals surface area contributed by atoms with Crippen molar-refractivity contribution < 1.29 is 31.8 Å². The number of rotatable bonds is 3. The molecule has 0 aromatic heterocycles. The van der Waals surface area contributed by atoms with Crippen LogP contribution in [0.5, 0.6) is 0 Å². The molecule has 0 saturated carbocycles. The highest BCUT2D eigenvalue weighted by molar-refractivity contribution is 9.10. The molecule has 3 aromatic carbocycles. The van der Waals surface area contributed by atoms with E-state index in [0.29, 0.717) is 10.0 Å². The minimum absolute atomic E-state index is 0.0178. The first-order valence-corrected chi connectivity index (χ1v) is 14.2. The second-order valence-corrected chi connectivity index (χ2v) is 11.0. The number of benzene rings is 3. The molecule has 224 valence electrons. The molecule has 0 bridgehead atoms. The Morgan fingerprint density at radius 2 is 1.37 bits per heavy atom. The third-order valence-electron chi connectivity index (χ3n) is 6.62. The number of nitrogens with zero attached hydrogens (tertiary/aromatic N) is 4. The Balaban J connectivity index is 1.26. The highest BCUT2D eigenvalue weighted by Crippen LogP contribution is 2.32. The van der Waals surface area contributed by atoms with E-state index in [4.69, 9.17) is 37.4 Å². The normalized spacial score (nSPS) is 20.9. The predicted molar refractivity (Wildman–Crippen MR) is 153 cm³/mol. The molecule has 3 aliphatic rings. The smallest absolute Gasteiger partial charge is 0.328 e. The third-order valence-corrected chi connectivity index (χ3v) is 8.08. The van der Waals surface area contributed by atoms with E-state index in [2.05, 4.69) is 41.8 Å². The molecule has 2 N–H and O–H groups in total. The highest BCUT2D eigenvalue weighted by atomic mass is 79.9. The third kappa shape index (κ3) is 6.17. The van der Waals surface area contributed by atoms with Crippen molar-refractivity contribution >= 4 is 57.2 Å². The lowest BCUT2D eigenvalue weighted by Gasteiger charge is -2.24. The maximum atomic E-state index is 14.7. The van der Waals surface area contributed by atoms with Crippen molar-refractivity contribution in [2.45, 2.75) is 18.1 Å². The lowest BCUT2D eigenvalue weighted by atomic mass is 10.1. The number of hydrogen-bond donors (Lipinski definition) is 2. The molecule has 3 unspecified atom stereocenters. The number of nitrogens with one attached hydrogen (secondary N) is 2. The van der Waals surface area contributed by atoms with E-state index in [0.717, 1.165) is 23.8 Å². The van der Waals surface area contributed by atoms with Gasteiger partial charge in [0, 0.05) is 17.2 Å². The Morgan fingerprint density at radius 1 is 0.721 bits per heavy atom. The van der Waals surface area contributed by atoms with Gasteiger partial charge in [-0.05, 0) is 45.8 Å². The summed E-state index contributed by atoms with van der Waals surface area (Å²) >= 11 is 15.1. The van der Waals surface area contributed by atoms with Gasteiger partial charge in [0.2, 0.25) is 0 Å². The SMILES string of the molecule is Fc1ccc(C2COC(NN(NC3=NC(c4ccc(F)c(Br)c4F)CO3)C3=NC(c4ccc(Cl)c(Cl)c4)CO3)=N2)c(F)c1. The molecule has 43 heavy (non-hydrogen) atoms. The quantitative estimate of drug-likeness (QED) is 0.189. The summed E-state index contributed by atoms with van der Waals surface area (Å²) in [4.78, 5) is 13.3. The van der Waals surface area contributed by atoms with Crippen LogP contribution in [-0.4, -0.2) is 43.0 Å². The number of hydrazine groups is 2. The summed E-state index contributed by atoms with van der Waals surface area (Å²) in [6, 6.07) is 8.58. The molecule has 3 aromatic rings. The van der Waals surface area contributed by atoms with Gasteiger partial charge < -0.3 is 14.2 Å². The number of halogens is 7. The maximum Gasteiger partial charge on any atom is 0.328 e. The molecule has 0 fully saturated rings. The van der Waals surface area contributed by atoms with Gasteiger partial charge in [-0.25, -0.2) is 43.4 Å². The number of amidine groups is 3. The molecule has 0 aliphatic carbocycles. The van der Waals surface area contributed by atoms with E-state index in [9.17, 15) is 17.6 Å². The van der Waals surface area contributed by atoms with Crippen LogP contribution in [0.3, 0.4) is 0 Å². The van der Waals surface area contributed by atoms with Gasteiger partial charge in [0.15, 0.2) is 0 Å². The molecule has 3 atom stereocenters. The molecule has 9 nitrogen and oxygen atoms in total. The largest absolute Gasteiger partial charge is 0.461 e. The molecular weight excluding hydrogens is 683 g/mol. The van der Waals surface area contributed by atoms with E-state index in [1.54, 1.807) is 18.2 Å². The van der Waals surface area contributed by atoms with Crippen molar-refractivity contribution in [3.8, 4) is 0 Å². The molecule has 0 spiro atoms. The summed E-state index contributed by atoms with van der Waals surface area (Å²) in [7, 11) is 0. The van der Waals surface area contributed by atoms with Crippen LogP contribution in [0, 0.1) is 23.3 Å². The summed E-state index contributed by atoms with van der Waals surface area (Å²) in [5.41, 5.74) is 6.69. The van der Waals surface area contributed by atoms with Gasteiger partial charge in [-0.3, -0.25) is 0 Å². The van der Waals surface area contributed by atoms with Crippen LogP contribution in [0.1, 0.15) is 34.8 Å². The summed E-state index contributed by atoms with van der Waals surface area (Å²) in [6.07, 6.45) is 0. The zero-order valence-corrected chi connectivity index (χ0v) is 24.7. The van der Waals surface area contributed by atoms with Gasteiger partial charge in [-0.1, -0.05) is 41.4 Å². The van der Waals surface area contributed by atoms with E-state index in [1.165, 1.54) is 17.3 Å². The molecule has 0 radical (unpaired) electrons. The van der Waals surface area contributed by atoms with Crippen LogP contribution < -0.4 is 10.9 Å². The first kappa shape index (κ1) is 29.3. The Labute approximate surface area is 260 Å². The summed E-state index contributed by atoms with van der Waals surface area (Å²) in [5, 5.41) is 1.92. The van der Waals surface area contributed by atoms with E-state index >= 15 is 0 Å². The highest BCUT2D eigenvalue weighted by Gasteiger charge is 2.33. The topological polar surface area (TPSA) is 92.1 Å². The van der Waals surface area contributed by atoms with Crippen molar-refractivity contribution in [1.82, 2.24) is 16.0 Å². The molecule has 16 heteroatoms. The van der Waals surface area contributed by atoms with Gasteiger partial charge in [0.05, 0.1) is 14.5 Å². The van der Waals surface area contributed by atoms with Gasteiger partial charge in [-0.15, -0.1) is 5.12 Å². The Hall–Kier alpha value is -3.75. The summed E-state index contributed by atoms with van der Waals surface area (Å²) in [6.45, 7) is 0.0542. The minimum atomic E-state index is -0.797. The fourth-order valence-corrected chi connectivity index (χ4v) is 5.12. The number of hydrogen-bond acceptors (Lipinski definition) is 9. The zero-order chi connectivity index (χ0) is 30.2. The fourth-order valence-electron chi connectivity index (χ4n) is 4.45. The van der Waals surface area contributed by atoms with Crippen LogP contribution in [0.25, 0.3) is 0 Å². The lowest BCUT2D eigenvalue weighted by molar-refractivity contribution is 0.179. The average Bonchev–Trinajstić information content (AvgIpc) is 3.75. The molecular formula is C27H19BrCl2F4N6O3. The minimum Gasteiger partial charge on any atom is -0.461 e. The Bertz CT molecular complexity index is 1680. The number of aliphatic imine (C=N–C) groups is 3. The second kappa shape index (κ2) is 12.1. The average molecular weight is 702 g/mol. The van der Waals surface area contributed by atoms with Gasteiger partial charge >= 0.3 is 18.1 Å². The molecule has 0 amide bonds. The predicted octanol–water partition coefficient (Wildman–Crippen LogP) is 6.31. The van der Waals surface area contributed by atoms with Crippen LogP contribution >= 0.6 is 39.1 Å². The fraction of sp³-hybridized carbons (Fsp3) is 0.222. The van der Waals surface area contributed by atoms with Gasteiger partial charge in [0.25, 0.3) is 0 Å². The number of ether oxygens (including phenoxy) is 3. The lowest BCUT2D eigenvalue weighted by Crippen LogP contribution is -2.56. The summed E-state index contributed by atoms with van der Waals surface area (Å²) in [5.74, 6) is -3.02. The van der Waals surface area contributed by atoms with Gasteiger partial charge in [0.1, 0.15) is 61.2 Å². The molecule has 6 rings (SSSR count). The maximum absolute atomic E-state index is 14.7. The van der Waals surface area contributed by atoms with Crippen molar-refractivity contribution in [1.29, 1.82) is 0 Å². The Kier molecular flexibility index (Phi) is 8.25. The molecule has 3 aliphatic heterocycles. The van der Waals surface area contributed by atoms with E-state index < -0.39 is 41.4 Å². The van der Waals surface area contributed by atoms with Crippen molar-refractivity contribution in [3.05, 3.63) is 103 Å². The second-order valence-electron chi connectivity index (χ2n) is 9.42. The Morgan fingerprint density at radius 3 is 2.05 bits per heavy atom. The van der Waals surface area contributed by atoms with Crippen LogP contribution in [0.2, 0.25) is 10.0 Å². The van der Waals surface area contributed by atoms with Crippen molar-refractivity contribution in [2.75, 3.05) is 19.8 Å². The van der Waals surface area contributed by atoms with Gasteiger partial charge in [-0.2, -0.15) is 0 Å². The first-order chi connectivity index (χ1) is 20.7. The monoisotopic (exact) mass is 700 g/mol. The first-order valence-electron chi connectivity index (χ1n) is 12.6. The standard InChI is InChI=1S/C27H19BrCl2F4N6O3/c28-23-18(32)6-4-15(24(23)34)22-11-42-26(36-22)39-40(27-37-20(9-43-27)12-1-5-16(29)17(30)7-12)38-25-35-21(10-41-25)14-3-2-13(31)8-19(14)33/h1-8,20-22H,9-11H2,(H,35,38)(H,36,39). The van der Waals surface area contributed by atoms with Crippen LogP contribution in [0.15, 0.2) is 68.0 Å². The van der Waals surface area contributed by atoms with Crippen molar-refractivity contribution in [2.24, 2.45) is 15.0 Å². The van der Waals surface area contributed by atoms with E-state index in [-0.39, 0.29) is 53.5 Å². The van der Waals surface area contributed by atoms with Crippen LogP contribution in [-0.2, 0) is 14.2 Å². The zero-order valence-electron chi connectivity index (χ0n) is 21.6. The molecule has 3 heterocycles. The summed E-state index contributed by atoms with van der Waals surface area (Å²) < 4.78 is 73.0. The molecule has 0 saturated heterocycles. The van der Waals surface area contributed by atoms with E-state index in [1.807, 2.05) is 0 Å². The van der Waals surface area contributed by atoms with Crippen LogP contribution in [0.4, 0.5) is 17.6 Å².